The third-order valence-corrected chi connectivity index (χ3v) is 2.15. The van der Waals surface area contributed by atoms with E-state index in [1.807, 2.05) is 6.92 Å². The molecule has 3 heteroatoms. The lowest BCUT2D eigenvalue weighted by Gasteiger charge is -2.16. The zero-order valence-electron chi connectivity index (χ0n) is 8.84. The zero-order valence-corrected chi connectivity index (χ0v) is 8.84. The van der Waals surface area contributed by atoms with E-state index in [1.54, 1.807) is 6.92 Å². The normalized spacial score (nSPS) is 15.3. The quantitative estimate of drug-likeness (QED) is 0.599. The van der Waals surface area contributed by atoms with Gasteiger partial charge in [-0.05, 0) is 20.3 Å². The predicted octanol–water partition coefficient (Wildman–Crippen LogP) is 2.02. The fourth-order valence-corrected chi connectivity index (χ4v) is 1.28. The first-order valence-corrected chi connectivity index (χ1v) is 5.06. The third-order valence-electron chi connectivity index (χ3n) is 2.15. The molecule has 0 fully saturated rings. The molecular weight excluding hydrogens is 166 g/mol. The molecule has 1 unspecified atom stereocenters. The lowest BCUT2D eigenvalue weighted by Crippen LogP contribution is -2.39. The van der Waals surface area contributed by atoms with Gasteiger partial charge in [0.15, 0.2) is 0 Å². The van der Waals surface area contributed by atoms with E-state index in [0.29, 0.717) is 6.04 Å². The highest BCUT2D eigenvalue weighted by Crippen LogP contribution is 2.03. The molecule has 0 aliphatic rings. The third kappa shape index (κ3) is 6.58. The van der Waals surface area contributed by atoms with Gasteiger partial charge in [-0.25, -0.2) is 0 Å². The molecule has 0 aromatic heterocycles. The van der Waals surface area contributed by atoms with Gasteiger partial charge in [0, 0.05) is 6.04 Å². The van der Waals surface area contributed by atoms with Crippen LogP contribution in [0, 0.1) is 0 Å². The molecule has 0 aliphatic heterocycles. The molecule has 0 aliphatic carbocycles. The summed E-state index contributed by atoms with van der Waals surface area (Å²) in [5, 5.41) is 11.7. The maximum atomic E-state index is 10.5. The van der Waals surface area contributed by atoms with Gasteiger partial charge in [-0.3, -0.25) is 4.79 Å². The molecule has 2 N–H and O–H groups in total. The molecule has 0 aromatic rings. The monoisotopic (exact) mass is 187 g/mol. The molecule has 0 amide bonds. The number of rotatable bonds is 7. The van der Waals surface area contributed by atoms with Crippen LogP contribution in [-0.2, 0) is 4.79 Å². The average molecular weight is 187 g/mol. The highest BCUT2D eigenvalue weighted by Gasteiger charge is 2.12. The predicted molar refractivity (Wildman–Crippen MR) is 53.8 cm³/mol. The van der Waals surface area contributed by atoms with Gasteiger partial charge in [0.2, 0.25) is 0 Å². The summed E-state index contributed by atoms with van der Waals surface area (Å²) >= 11 is 0. The van der Waals surface area contributed by atoms with Crippen LogP contribution in [-0.4, -0.2) is 23.2 Å². The Hall–Kier alpha value is -0.570. The Kier molecular flexibility index (Phi) is 6.59. The number of aliphatic carboxylic acids is 1. The molecule has 0 rings (SSSR count). The Morgan fingerprint density at radius 3 is 2.46 bits per heavy atom. The van der Waals surface area contributed by atoms with Crippen molar-refractivity contribution in [3.8, 4) is 0 Å². The van der Waals surface area contributed by atoms with Crippen molar-refractivity contribution in [2.75, 3.05) is 0 Å². The first kappa shape index (κ1) is 12.4. The Morgan fingerprint density at radius 1 is 1.38 bits per heavy atom. The molecule has 0 aromatic carbocycles. The maximum Gasteiger partial charge on any atom is 0.320 e. The van der Waals surface area contributed by atoms with Gasteiger partial charge >= 0.3 is 5.97 Å². The number of unbranched alkanes of at least 4 members (excludes halogenated alkanes) is 2. The van der Waals surface area contributed by atoms with Gasteiger partial charge in [-0.1, -0.05) is 26.2 Å². The van der Waals surface area contributed by atoms with Crippen LogP contribution in [0.3, 0.4) is 0 Å². The Labute approximate surface area is 80.5 Å². The van der Waals surface area contributed by atoms with E-state index in [1.165, 1.54) is 19.3 Å². The van der Waals surface area contributed by atoms with Crippen molar-refractivity contribution >= 4 is 5.97 Å². The fourth-order valence-electron chi connectivity index (χ4n) is 1.28. The Morgan fingerprint density at radius 2 is 2.00 bits per heavy atom. The second-order valence-electron chi connectivity index (χ2n) is 3.62. The average Bonchev–Trinajstić information content (AvgIpc) is 2.04. The molecule has 0 bridgehead atoms. The van der Waals surface area contributed by atoms with E-state index in [-0.39, 0.29) is 0 Å². The number of carboxylic acid groups (broad SMARTS) is 1. The summed E-state index contributed by atoms with van der Waals surface area (Å²) in [6.45, 7) is 5.88. The van der Waals surface area contributed by atoms with Gasteiger partial charge in [0.1, 0.15) is 6.04 Å². The number of carboxylic acids is 1. The maximum absolute atomic E-state index is 10.5. The number of hydrogen-bond donors (Lipinski definition) is 2. The van der Waals surface area contributed by atoms with Crippen LogP contribution in [0.4, 0.5) is 0 Å². The second kappa shape index (κ2) is 6.89. The lowest BCUT2D eigenvalue weighted by molar-refractivity contribution is -0.139. The van der Waals surface area contributed by atoms with Crippen LogP contribution < -0.4 is 5.32 Å². The van der Waals surface area contributed by atoms with Crippen LogP contribution in [0.5, 0.6) is 0 Å². The summed E-state index contributed by atoms with van der Waals surface area (Å²) < 4.78 is 0. The second-order valence-corrected chi connectivity index (χ2v) is 3.62. The molecule has 0 radical (unpaired) electrons. The molecular formula is C10H21NO2. The van der Waals surface area contributed by atoms with Crippen molar-refractivity contribution in [1.82, 2.24) is 5.32 Å². The Bertz CT molecular complexity index is 148. The van der Waals surface area contributed by atoms with Crippen LogP contribution in [0.15, 0.2) is 0 Å². The molecule has 3 nitrogen and oxygen atoms in total. The summed E-state index contributed by atoms with van der Waals surface area (Å²) in [5.74, 6) is -0.776. The summed E-state index contributed by atoms with van der Waals surface area (Å²) in [5.41, 5.74) is 0. The lowest BCUT2D eigenvalue weighted by atomic mass is 10.1. The molecule has 13 heavy (non-hydrogen) atoms. The molecule has 0 spiro atoms. The SMILES string of the molecule is CCCCCC(C)N[C@H](C)C(=O)O. The van der Waals surface area contributed by atoms with Crippen LogP contribution in [0.2, 0.25) is 0 Å². The zero-order chi connectivity index (χ0) is 10.3. The first-order chi connectivity index (χ1) is 6.07. The minimum absolute atomic E-state index is 0.303. The van der Waals surface area contributed by atoms with E-state index in [4.69, 9.17) is 5.11 Å². The molecule has 0 heterocycles. The molecule has 0 saturated heterocycles. The number of nitrogens with one attached hydrogen (secondary N) is 1. The first-order valence-electron chi connectivity index (χ1n) is 5.06. The van der Waals surface area contributed by atoms with Crippen molar-refractivity contribution in [3.05, 3.63) is 0 Å². The van der Waals surface area contributed by atoms with Gasteiger partial charge in [-0.15, -0.1) is 0 Å². The van der Waals surface area contributed by atoms with E-state index >= 15 is 0 Å². The minimum Gasteiger partial charge on any atom is -0.480 e. The summed E-state index contributed by atoms with van der Waals surface area (Å²) in [6, 6.07) is -0.130. The highest BCUT2D eigenvalue weighted by atomic mass is 16.4. The van der Waals surface area contributed by atoms with Gasteiger partial charge in [0.05, 0.1) is 0 Å². The van der Waals surface area contributed by atoms with Crippen molar-refractivity contribution in [1.29, 1.82) is 0 Å². The summed E-state index contributed by atoms with van der Waals surface area (Å²) in [6.07, 6.45) is 4.68. The van der Waals surface area contributed by atoms with Gasteiger partial charge in [-0.2, -0.15) is 0 Å². The van der Waals surface area contributed by atoms with Crippen LogP contribution >= 0.6 is 0 Å². The summed E-state index contributed by atoms with van der Waals surface area (Å²) in [4.78, 5) is 10.5. The van der Waals surface area contributed by atoms with Crippen molar-refractivity contribution < 1.29 is 9.90 Å². The fraction of sp³-hybridized carbons (Fsp3) is 0.900. The summed E-state index contributed by atoms with van der Waals surface area (Å²) in [7, 11) is 0. The minimum atomic E-state index is -0.776. The van der Waals surface area contributed by atoms with Crippen LogP contribution in [0.1, 0.15) is 46.5 Å². The molecule has 0 saturated carbocycles. The van der Waals surface area contributed by atoms with Gasteiger partial charge < -0.3 is 10.4 Å². The van der Waals surface area contributed by atoms with Crippen molar-refractivity contribution in [3.63, 3.8) is 0 Å². The highest BCUT2D eigenvalue weighted by molar-refractivity contribution is 5.72. The topological polar surface area (TPSA) is 49.3 Å². The Balaban J connectivity index is 3.49. The van der Waals surface area contributed by atoms with E-state index < -0.39 is 12.0 Å². The molecule has 78 valence electrons. The van der Waals surface area contributed by atoms with Crippen molar-refractivity contribution in [2.45, 2.75) is 58.5 Å². The van der Waals surface area contributed by atoms with Crippen LogP contribution in [0.25, 0.3) is 0 Å². The largest absolute Gasteiger partial charge is 0.480 e. The van der Waals surface area contributed by atoms with E-state index in [0.717, 1.165) is 6.42 Å². The molecule has 2 atom stereocenters. The number of hydrogen-bond acceptors (Lipinski definition) is 2. The van der Waals surface area contributed by atoms with Gasteiger partial charge in [0.25, 0.3) is 0 Å². The smallest absolute Gasteiger partial charge is 0.320 e. The van der Waals surface area contributed by atoms with E-state index in [9.17, 15) is 4.79 Å². The number of carbonyl (C=O) groups is 1. The van der Waals surface area contributed by atoms with E-state index in [2.05, 4.69) is 12.2 Å². The van der Waals surface area contributed by atoms with Crippen molar-refractivity contribution in [2.24, 2.45) is 0 Å². The standard InChI is InChI=1S/C10H21NO2/c1-4-5-6-7-8(2)11-9(3)10(12)13/h8-9,11H,4-7H2,1-3H3,(H,12,13)/t8?,9-/m1/s1.